The smallest absolute Gasteiger partial charge is 0.296 e. The monoisotopic (exact) mass is 447 g/mol. The molecule has 1 saturated heterocycles. The number of carbonyl (C=O) groups is 2. The maximum absolute atomic E-state index is 13.2. The zero-order valence-corrected chi connectivity index (χ0v) is 17.8. The molecule has 3 heterocycles. The van der Waals surface area contributed by atoms with Crippen LogP contribution in [-0.4, -0.2) is 42.0 Å². The van der Waals surface area contributed by atoms with Gasteiger partial charge in [-0.25, -0.2) is 0 Å². The molecule has 0 saturated carbocycles. The molecule has 2 aliphatic rings. The summed E-state index contributed by atoms with van der Waals surface area (Å²) in [6.45, 7) is 0.869. The molecule has 2 aliphatic heterocycles. The zero-order valence-electron chi connectivity index (χ0n) is 17.8. The van der Waals surface area contributed by atoms with Gasteiger partial charge in [-0.1, -0.05) is 18.2 Å². The minimum atomic E-state index is -0.876. The number of aliphatic hydroxyl groups is 1. The molecule has 1 N–H and O–H groups in total. The van der Waals surface area contributed by atoms with Crippen molar-refractivity contribution in [3.63, 3.8) is 0 Å². The Morgan fingerprint density at radius 2 is 1.85 bits per heavy atom. The van der Waals surface area contributed by atoms with Crippen LogP contribution in [0.15, 0.2) is 70.9 Å². The molecule has 1 fully saturated rings. The van der Waals surface area contributed by atoms with E-state index < -0.39 is 17.7 Å². The predicted molar refractivity (Wildman–Crippen MR) is 117 cm³/mol. The second-order valence-corrected chi connectivity index (χ2v) is 7.61. The van der Waals surface area contributed by atoms with Crippen LogP contribution in [-0.2, 0) is 16.1 Å². The van der Waals surface area contributed by atoms with E-state index in [4.69, 9.17) is 18.6 Å². The summed E-state index contributed by atoms with van der Waals surface area (Å²) in [7, 11) is 1.51. The molecular weight excluding hydrogens is 426 g/mol. The molecule has 1 atom stereocenters. The topological polar surface area (TPSA) is 98.4 Å². The lowest BCUT2D eigenvalue weighted by Gasteiger charge is -2.26. The van der Waals surface area contributed by atoms with Crippen LogP contribution in [0.3, 0.4) is 0 Å². The van der Waals surface area contributed by atoms with Crippen LogP contribution in [0.5, 0.6) is 17.2 Å². The zero-order chi connectivity index (χ0) is 22.9. The molecule has 8 heteroatoms. The van der Waals surface area contributed by atoms with Gasteiger partial charge in [0.15, 0.2) is 11.5 Å². The lowest BCUT2D eigenvalue weighted by molar-refractivity contribution is -0.140. The van der Waals surface area contributed by atoms with E-state index in [0.717, 1.165) is 0 Å². The highest BCUT2D eigenvalue weighted by Crippen LogP contribution is 2.44. The van der Waals surface area contributed by atoms with Crippen molar-refractivity contribution in [2.24, 2.45) is 0 Å². The van der Waals surface area contributed by atoms with Gasteiger partial charge in [-0.2, -0.15) is 0 Å². The Bertz CT molecular complexity index is 1250. The van der Waals surface area contributed by atoms with Crippen LogP contribution in [0.25, 0.3) is 5.76 Å². The third kappa shape index (κ3) is 3.59. The largest absolute Gasteiger partial charge is 0.507 e. The number of likely N-dealkylation sites (tertiary alicyclic amines) is 1. The Morgan fingerprint density at radius 3 is 2.61 bits per heavy atom. The van der Waals surface area contributed by atoms with Gasteiger partial charge in [0.1, 0.15) is 30.5 Å². The molecule has 1 unspecified atom stereocenters. The van der Waals surface area contributed by atoms with Crippen LogP contribution in [0.1, 0.15) is 22.9 Å². The van der Waals surface area contributed by atoms with Gasteiger partial charge in [-0.05, 0) is 36.4 Å². The highest BCUT2D eigenvalue weighted by atomic mass is 16.6. The summed E-state index contributed by atoms with van der Waals surface area (Å²) in [5, 5.41) is 11.3. The molecule has 3 aromatic rings. The SMILES string of the molecule is COc1ccccc1C1C(=C(O)c2ccc3c(c2)OCCO3)C(=O)C(=O)N1Cc1ccco1. The number of Topliss-reactive ketones (excluding diaryl/α,β-unsaturated/α-hetero) is 1. The maximum atomic E-state index is 13.2. The average molecular weight is 447 g/mol. The van der Waals surface area contributed by atoms with Crippen LogP contribution in [0.2, 0.25) is 0 Å². The second kappa shape index (κ2) is 8.38. The summed E-state index contributed by atoms with van der Waals surface area (Å²) in [5.74, 6) is 0.189. The van der Waals surface area contributed by atoms with Crippen molar-refractivity contribution in [2.45, 2.75) is 12.6 Å². The first-order chi connectivity index (χ1) is 16.1. The molecule has 1 amide bonds. The summed E-state index contributed by atoms with van der Waals surface area (Å²) >= 11 is 0. The van der Waals surface area contributed by atoms with E-state index >= 15 is 0 Å². The van der Waals surface area contributed by atoms with E-state index in [1.807, 2.05) is 0 Å². The minimum Gasteiger partial charge on any atom is -0.507 e. The number of fused-ring (bicyclic) bond motifs is 1. The first-order valence-electron chi connectivity index (χ1n) is 10.4. The van der Waals surface area contributed by atoms with Gasteiger partial charge in [-0.15, -0.1) is 0 Å². The van der Waals surface area contributed by atoms with E-state index in [1.54, 1.807) is 54.6 Å². The fourth-order valence-electron chi connectivity index (χ4n) is 4.18. The number of ketones is 1. The summed E-state index contributed by atoms with van der Waals surface area (Å²) in [6.07, 6.45) is 1.50. The first-order valence-corrected chi connectivity index (χ1v) is 10.4. The fraction of sp³-hybridized carbons (Fsp3) is 0.200. The number of methoxy groups -OCH3 is 1. The van der Waals surface area contributed by atoms with Gasteiger partial charge >= 0.3 is 0 Å². The van der Waals surface area contributed by atoms with Crippen LogP contribution >= 0.6 is 0 Å². The third-order valence-corrected chi connectivity index (χ3v) is 5.70. The molecule has 168 valence electrons. The number of benzene rings is 2. The summed E-state index contributed by atoms with van der Waals surface area (Å²) < 4.78 is 22.1. The lowest BCUT2D eigenvalue weighted by Crippen LogP contribution is -2.29. The van der Waals surface area contributed by atoms with E-state index in [0.29, 0.717) is 47.3 Å². The predicted octanol–water partition coefficient (Wildman–Crippen LogP) is 3.68. The van der Waals surface area contributed by atoms with Gasteiger partial charge in [0.2, 0.25) is 0 Å². The molecular formula is C25H21NO7. The Balaban J connectivity index is 1.66. The summed E-state index contributed by atoms with van der Waals surface area (Å²) in [5.41, 5.74) is 0.882. The Kier molecular flexibility index (Phi) is 5.26. The molecule has 0 spiro atoms. The number of carbonyl (C=O) groups excluding carboxylic acids is 2. The lowest BCUT2D eigenvalue weighted by atomic mass is 9.94. The molecule has 2 aromatic carbocycles. The number of hydrogen-bond donors (Lipinski definition) is 1. The van der Waals surface area contributed by atoms with Crippen molar-refractivity contribution in [1.29, 1.82) is 0 Å². The quantitative estimate of drug-likeness (QED) is 0.362. The number of aliphatic hydroxyl groups excluding tert-OH is 1. The van der Waals surface area contributed by atoms with Crippen molar-refractivity contribution < 1.29 is 33.3 Å². The first kappa shape index (κ1) is 20.7. The molecule has 0 aliphatic carbocycles. The number of para-hydroxylation sites is 1. The van der Waals surface area contributed by atoms with E-state index in [-0.39, 0.29) is 17.9 Å². The van der Waals surface area contributed by atoms with Crippen molar-refractivity contribution in [3.8, 4) is 17.2 Å². The Labute approximate surface area is 189 Å². The van der Waals surface area contributed by atoms with Gasteiger partial charge in [0, 0.05) is 11.1 Å². The Hall–Kier alpha value is -4.20. The standard InChI is InChI=1S/C25H21NO7/c1-30-18-7-3-2-6-17(18)22-21(24(28)25(29)26(22)14-16-5-4-10-31-16)23(27)15-8-9-19-20(13-15)33-12-11-32-19/h2-10,13,22,27H,11-12,14H2,1H3. The van der Waals surface area contributed by atoms with Crippen LogP contribution in [0, 0.1) is 0 Å². The molecule has 0 radical (unpaired) electrons. The number of amides is 1. The molecule has 1 aromatic heterocycles. The highest BCUT2D eigenvalue weighted by molar-refractivity contribution is 6.46. The second-order valence-electron chi connectivity index (χ2n) is 7.61. The third-order valence-electron chi connectivity index (χ3n) is 5.70. The maximum Gasteiger partial charge on any atom is 0.296 e. The van der Waals surface area contributed by atoms with Crippen molar-refractivity contribution in [1.82, 2.24) is 4.90 Å². The van der Waals surface area contributed by atoms with Crippen LogP contribution in [0.4, 0.5) is 0 Å². The number of rotatable bonds is 5. The van der Waals surface area contributed by atoms with E-state index in [2.05, 4.69) is 0 Å². The number of ether oxygens (including phenoxy) is 3. The molecule has 0 bridgehead atoms. The van der Waals surface area contributed by atoms with Gasteiger partial charge in [0.25, 0.3) is 11.7 Å². The number of furan rings is 1. The van der Waals surface area contributed by atoms with Gasteiger partial charge in [0.05, 0.1) is 31.5 Å². The summed E-state index contributed by atoms with van der Waals surface area (Å²) in [4.78, 5) is 27.7. The summed E-state index contributed by atoms with van der Waals surface area (Å²) in [6, 6.07) is 14.5. The number of nitrogens with zero attached hydrogens (tertiary/aromatic N) is 1. The average Bonchev–Trinajstić information content (AvgIpc) is 3.45. The molecule has 8 nitrogen and oxygen atoms in total. The van der Waals surface area contributed by atoms with Crippen molar-refractivity contribution in [3.05, 3.63) is 83.3 Å². The van der Waals surface area contributed by atoms with E-state index in [9.17, 15) is 14.7 Å². The van der Waals surface area contributed by atoms with Gasteiger partial charge in [-0.3, -0.25) is 9.59 Å². The molecule has 5 rings (SSSR count). The van der Waals surface area contributed by atoms with E-state index in [1.165, 1.54) is 18.3 Å². The fourth-order valence-corrected chi connectivity index (χ4v) is 4.18. The van der Waals surface area contributed by atoms with Gasteiger partial charge < -0.3 is 28.6 Å². The normalized spacial score (nSPS) is 19.1. The highest BCUT2D eigenvalue weighted by Gasteiger charge is 2.47. The van der Waals surface area contributed by atoms with Crippen molar-refractivity contribution >= 4 is 17.4 Å². The minimum absolute atomic E-state index is 0.0345. The Morgan fingerprint density at radius 1 is 1.06 bits per heavy atom. The number of hydrogen-bond acceptors (Lipinski definition) is 7. The van der Waals surface area contributed by atoms with Crippen molar-refractivity contribution in [2.75, 3.05) is 20.3 Å². The molecule has 33 heavy (non-hydrogen) atoms. The van der Waals surface area contributed by atoms with Crippen LogP contribution < -0.4 is 14.2 Å².